The van der Waals surface area contributed by atoms with Gasteiger partial charge in [0.25, 0.3) is 0 Å². The van der Waals surface area contributed by atoms with Crippen molar-refractivity contribution < 1.29 is 24.2 Å². The van der Waals surface area contributed by atoms with Crippen LogP contribution < -0.4 is 11.1 Å². The standard InChI is InChI=1S/C39H74N2O5/c1-3-5-7-8-9-10-11-12-13-14-15-16-17-18-19-20-21-27-33-38(43)46-35(29-24-6-4-2)30-25-22-23-26-32-37(42)41-36(39(44)45)31-28-34-40/h24,29,35-36H,3-23,25-28,30-34,40H2,1-2H3,(H,41,42)(H,44,45)/b29-24-. The molecule has 4 N–H and O–H groups in total. The number of esters is 1. The van der Waals surface area contributed by atoms with Crippen LogP contribution in [0, 0.1) is 0 Å². The van der Waals surface area contributed by atoms with Gasteiger partial charge >= 0.3 is 11.9 Å². The number of hydrogen-bond acceptors (Lipinski definition) is 5. The monoisotopic (exact) mass is 651 g/mol. The maximum Gasteiger partial charge on any atom is 0.326 e. The fourth-order valence-corrected chi connectivity index (χ4v) is 5.84. The summed E-state index contributed by atoms with van der Waals surface area (Å²) in [5.41, 5.74) is 5.45. The third-order valence-corrected chi connectivity index (χ3v) is 8.80. The van der Waals surface area contributed by atoms with Gasteiger partial charge in [-0.1, -0.05) is 148 Å². The highest BCUT2D eigenvalue weighted by Gasteiger charge is 2.19. The Kier molecular flexibility index (Phi) is 33.0. The van der Waals surface area contributed by atoms with E-state index in [1.54, 1.807) is 0 Å². The van der Waals surface area contributed by atoms with E-state index >= 15 is 0 Å². The normalized spacial score (nSPS) is 12.8. The van der Waals surface area contributed by atoms with Crippen molar-refractivity contribution in [3.63, 3.8) is 0 Å². The predicted molar refractivity (Wildman–Crippen MR) is 193 cm³/mol. The number of nitrogens with one attached hydrogen (secondary N) is 1. The molecule has 0 radical (unpaired) electrons. The average Bonchev–Trinajstić information content (AvgIpc) is 3.03. The molecule has 0 saturated carbocycles. The minimum absolute atomic E-state index is 0.0954. The molecule has 7 nitrogen and oxygen atoms in total. The second-order valence-electron chi connectivity index (χ2n) is 13.3. The smallest absolute Gasteiger partial charge is 0.326 e. The summed E-state index contributed by atoms with van der Waals surface area (Å²) >= 11 is 0. The van der Waals surface area contributed by atoms with Crippen molar-refractivity contribution in [2.24, 2.45) is 5.73 Å². The molecule has 2 atom stereocenters. The number of nitrogens with two attached hydrogens (primary N) is 1. The number of aliphatic carboxylic acids is 1. The summed E-state index contributed by atoms with van der Waals surface area (Å²) in [7, 11) is 0. The van der Waals surface area contributed by atoms with E-state index in [-0.39, 0.29) is 18.0 Å². The Bertz CT molecular complexity index is 742. The zero-order chi connectivity index (χ0) is 33.9. The molecule has 0 aromatic heterocycles. The summed E-state index contributed by atoms with van der Waals surface area (Å²) in [6.07, 6.45) is 36.0. The van der Waals surface area contributed by atoms with E-state index in [9.17, 15) is 19.5 Å². The number of carbonyl (C=O) groups is 3. The maximum atomic E-state index is 12.5. The molecule has 270 valence electrons. The second-order valence-corrected chi connectivity index (χ2v) is 13.3. The van der Waals surface area contributed by atoms with E-state index in [1.165, 1.54) is 103 Å². The van der Waals surface area contributed by atoms with Crippen LogP contribution in [0.15, 0.2) is 12.2 Å². The Balaban J connectivity index is 3.88. The SMILES string of the molecule is CCC/C=C\C(CCCCCCC(=O)NC(CCCN)C(=O)O)OC(=O)CCCCCCCCCCCCCCCCCCCC. The highest BCUT2D eigenvalue weighted by Crippen LogP contribution is 2.16. The molecule has 0 rings (SSSR count). The number of carboxylic acids is 1. The molecule has 0 heterocycles. The molecule has 0 aliphatic carbocycles. The lowest BCUT2D eigenvalue weighted by Gasteiger charge is -2.15. The van der Waals surface area contributed by atoms with Crippen LogP contribution in [0.5, 0.6) is 0 Å². The zero-order valence-corrected chi connectivity index (χ0v) is 30.2. The van der Waals surface area contributed by atoms with E-state index < -0.39 is 12.0 Å². The first-order chi connectivity index (χ1) is 22.4. The summed E-state index contributed by atoms with van der Waals surface area (Å²) in [6.45, 7) is 4.82. The number of allylic oxidation sites excluding steroid dienone is 1. The van der Waals surface area contributed by atoms with Gasteiger partial charge in [-0.15, -0.1) is 0 Å². The molecule has 0 aromatic carbocycles. The fourth-order valence-electron chi connectivity index (χ4n) is 5.84. The summed E-state index contributed by atoms with van der Waals surface area (Å²) in [6, 6.07) is -0.865. The molecule has 2 unspecified atom stereocenters. The first-order valence-electron chi connectivity index (χ1n) is 19.5. The number of hydrogen-bond donors (Lipinski definition) is 3. The third kappa shape index (κ3) is 30.7. The minimum Gasteiger partial charge on any atom is -0.480 e. The molecule has 46 heavy (non-hydrogen) atoms. The maximum absolute atomic E-state index is 12.5. The molecule has 0 aliphatic heterocycles. The Hall–Kier alpha value is -1.89. The van der Waals surface area contributed by atoms with Crippen molar-refractivity contribution in [1.29, 1.82) is 0 Å². The molecule has 0 saturated heterocycles. The van der Waals surface area contributed by atoms with Crippen molar-refractivity contribution in [3.8, 4) is 0 Å². The molecule has 0 fully saturated rings. The first-order valence-corrected chi connectivity index (χ1v) is 19.5. The Labute approximate surface area is 283 Å². The highest BCUT2D eigenvalue weighted by molar-refractivity contribution is 5.83. The van der Waals surface area contributed by atoms with Gasteiger partial charge in [-0.05, 0) is 57.6 Å². The van der Waals surface area contributed by atoms with Crippen molar-refractivity contribution in [3.05, 3.63) is 12.2 Å². The van der Waals surface area contributed by atoms with E-state index in [0.29, 0.717) is 38.6 Å². The minimum atomic E-state index is -1.02. The lowest BCUT2D eigenvalue weighted by Crippen LogP contribution is -2.40. The number of carboxylic acid groups (broad SMARTS) is 1. The lowest BCUT2D eigenvalue weighted by molar-refractivity contribution is -0.147. The Morgan fingerprint density at radius 3 is 1.59 bits per heavy atom. The van der Waals surface area contributed by atoms with E-state index in [2.05, 4.69) is 25.2 Å². The van der Waals surface area contributed by atoms with Gasteiger partial charge in [0.15, 0.2) is 0 Å². The van der Waals surface area contributed by atoms with Crippen LogP contribution in [0.4, 0.5) is 0 Å². The van der Waals surface area contributed by atoms with Crippen molar-refractivity contribution in [2.75, 3.05) is 6.54 Å². The number of unbranched alkanes of at least 4 members (excludes halogenated alkanes) is 21. The second kappa shape index (κ2) is 34.4. The van der Waals surface area contributed by atoms with Crippen molar-refractivity contribution >= 4 is 17.8 Å². The van der Waals surface area contributed by atoms with Crippen LogP contribution >= 0.6 is 0 Å². The van der Waals surface area contributed by atoms with Gasteiger partial charge in [-0.25, -0.2) is 4.79 Å². The van der Waals surface area contributed by atoms with Crippen LogP contribution in [-0.4, -0.2) is 41.6 Å². The highest BCUT2D eigenvalue weighted by atomic mass is 16.5. The molecule has 7 heteroatoms. The van der Waals surface area contributed by atoms with Gasteiger partial charge in [0.05, 0.1) is 0 Å². The quantitative estimate of drug-likeness (QED) is 0.0357. The molecule has 0 bridgehead atoms. The number of rotatable bonds is 35. The molecular formula is C39H74N2O5. The van der Waals surface area contributed by atoms with E-state index in [1.807, 2.05) is 6.08 Å². The van der Waals surface area contributed by atoms with Gasteiger partial charge in [-0.3, -0.25) is 9.59 Å². The number of ether oxygens (including phenoxy) is 1. The molecular weight excluding hydrogens is 576 g/mol. The van der Waals surface area contributed by atoms with Gasteiger partial charge < -0.3 is 20.9 Å². The molecule has 1 amide bonds. The third-order valence-electron chi connectivity index (χ3n) is 8.80. The van der Waals surface area contributed by atoms with Crippen LogP contribution in [0.2, 0.25) is 0 Å². The molecule has 0 aromatic rings. The first kappa shape index (κ1) is 44.1. The predicted octanol–water partition coefficient (Wildman–Crippen LogP) is 10.3. The van der Waals surface area contributed by atoms with Crippen LogP contribution in [0.1, 0.15) is 200 Å². The largest absolute Gasteiger partial charge is 0.480 e. The summed E-state index contributed by atoms with van der Waals surface area (Å²) in [4.78, 5) is 35.9. The number of carbonyl (C=O) groups excluding carboxylic acids is 2. The van der Waals surface area contributed by atoms with Crippen molar-refractivity contribution in [2.45, 2.75) is 212 Å². The Morgan fingerprint density at radius 2 is 1.11 bits per heavy atom. The summed E-state index contributed by atoms with van der Waals surface area (Å²) in [5, 5.41) is 11.8. The number of amides is 1. The Morgan fingerprint density at radius 1 is 0.630 bits per heavy atom. The zero-order valence-electron chi connectivity index (χ0n) is 30.2. The van der Waals surface area contributed by atoms with Gasteiger partial charge in [0.2, 0.25) is 5.91 Å². The lowest BCUT2D eigenvalue weighted by atomic mass is 10.0. The van der Waals surface area contributed by atoms with Gasteiger partial charge in [0, 0.05) is 12.8 Å². The summed E-state index contributed by atoms with van der Waals surface area (Å²) in [5.74, 6) is -1.33. The van der Waals surface area contributed by atoms with Gasteiger partial charge in [-0.2, -0.15) is 0 Å². The molecule has 0 aliphatic rings. The topological polar surface area (TPSA) is 119 Å². The van der Waals surface area contributed by atoms with E-state index in [0.717, 1.165) is 51.4 Å². The fraction of sp³-hybridized carbons (Fsp3) is 0.872. The van der Waals surface area contributed by atoms with E-state index in [4.69, 9.17) is 10.5 Å². The van der Waals surface area contributed by atoms with Crippen LogP contribution in [-0.2, 0) is 19.1 Å². The van der Waals surface area contributed by atoms with Gasteiger partial charge in [0.1, 0.15) is 12.1 Å². The van der Waals surface area contributed by atoms with Crippen LogP contribution in [0.3, 0.4) is 0 Å². The van der Waals surface area contributed by atoms with Crippen molar-refractivity contribution in [1.82, 2.24) is 5.32 Å². The summed E-state index contributed by atoms with van der Waals surface area (Å²) < 4.78 is 5.82. The molecule has 0 spiro atoms. The van der Waals surface area contributed by atoms with Crippen LogP contribution in [0.25, 0.3) is 0 Å². The average molecular weight is 651 g/mol.